The van der Waals surface area contributed by atoms with Gasteiger partial charge in [0.1, 0.15) is 0 Å². The van der Waals surface area contributed by atoms with E-state index in [1.165, 1.54) is 0 Å². The van der Waals surface area contributed by atoms with Crippen molar-refractivity contribution in [1.29, 1.82) is 0 Å². The first kappa shape index (κ1) is 33.8. The first-order chi connectivity index (χ1) is 22.5. The first-order valence-electron chi connectivity index (χ1n) is 17.1. The summed E-state index contributed by atoms with van der Waals surface area (Å²) in [4.78, 5) is 53.8. The molecule has 0 aromatic heterocycles. The standard InChI is InChI=1S/C35H49N5O6Si/c1-22-31(47(2,3)45)30(14-17-41)46-35(22)28-18-27(39-33(43)25-7-5-16-37-20-25)12-13-29(28)40(34(35)44)21-23-8-10-26(11-9-23)38-32(42)24-6-4-15-36-19-24/h8-13,18,22,24-25,30-31,36-37,41,45H,4-7,14-17,19-21H2,1-3H3,(H,38,42)(H,39,43)/t22-,24?,25?,30+,31-,35+/m1/s1. The van der Waals surface area contributed by atoms with E-state index in [0.717, 1.165) is 44.3 Å². The lowest BCUT2D eigenvalue weighted by atomic mass is 9.82. The smallest absolute Gasteiger partial charge is 0.264 e. The summed E-state index contributed by atoms with van der Waals surface area (Å²) >= 11 is 0. The third-order valence-corrected chi connectivity index (χ3v) is 13.1. The summed E-state index contributed by atoms with van der Waals surface area (Å²) in [5, 5.41) is 22.6. The molecule has 12 heteroatoms. The van der Waals surface area contributed by atoms with Crippen LogP contribution < -0.4 is 26.2 Å². The van der Waals surface area contributed by atoms with Crippen LogP contribution in [0.3, 0.4) is 0 Å². The molecule has 4 aliphatic rings. The van der Waals surface area contributed by atoms with Gasteiger partial charge in [0, 0.05) is 48.1 Å². The van der Waals surface area contributed by atoms with Crippen molar-refractivity contribution in [2.45, 2.75) is 75.9 Å². The number of ether oxygens (including phenoxy) is 1. The molecule has 1 spiro atoms. The summed E-state index contributed by atoms with van der Waals surface area (Å²) in [6.45, 7) is 9.02. The highest BCUT2D eigenvalue weighted by Crippen LogP contribution is 2.60. The highest BCUT2D eigenvalue weighted by atomic mass is 28.4. The molecular formula is C35H49N5O6Si. The third-order valence-electron chi connectivity index (χ3n) is 10.6. The SMILES string of the molecule is C[C@@H]1[C@@H]([Si](C)(C)O)[C@H](CCO)O[C@@]12C(=O)N(Cc1ccc(NC(=O)C3CCCNC3)cc1)c1ccc(NC(=O)C3CCCNC3)cc12. The monoisotopic (exact) mass is 663 g/mol. The molecule has 2 unspecified atom stereocenters. The van der Waals surface area contributed by atoms with Gasteiger partial charge in [-0.1, -0.05) is 19.1 Å². The number of rotatable bonds is 9. The topological polar surface area (TPSA) is 152 Å². The minimum absolute atomic E-state index is 0.00731. The van der Waals surface area contributed by atoms with E-state index in [1.807, 2.05) is 62.5 Å². The normalized spacial score (nSPS) is 29.2. The Morgan fingerprint density at radius 2 is 1.57 bits per heavy atom. The van der Waals surface area contributed by atoms with Crippen molar-refractivity contribution in [3.8, 4) is 0 Å². The number of aliphatic hydroxyl groups excluding tert-OH is 1. The molecular weight excluding hydrogens is 615 g/mol. The van der Waals surface area contributed by atoms with Crippen molar-refractivity contribution in [1.82, 2.24) is 10.6 Å². The predicted molar refractivity (Wildman–Crippen MR) is 183 cm³/mol. The van der Waals surface area contributed by atoms with Gasteiger partial charge in [0.15, 0.2) is 13.9 Å². The Morgan fingerprint density at radius 3 is 2.13 bits per heavy atom. The zero-order valence-corrected chi connectivity index (χ0v) is 28.7. The minimum Gasteiger partial charge on any atom is -0.432 e. The summed E-state index contributed by atoms with van der Waals surface area (Å²) in [5.41, 5.74) is 1.89. The molecule has 6 N–H and O–H groups in total. The molecule has 6 rings (SSSR count). The van der Waals surface area contributed by atoms with E-state index >= 15 is 0 Å². The van der Waals surface area contributed by atoms with Crippen LogP contribution in [0.2, 0.25) is 18.6 Å². The Kier molecular flexibility index (Phi) is 9.89. The first-order valence-corrected chi connectivity index (χ1v) is 20.1. The molecule has 2 aromatic carbocycles. The van der Waals surface area contributed by atoms with Gasteiger partial charge < -0.3 is 40.8 Å². The maximum Gasteiger partial charge on any atom is 0.264 e. The van der Waals surface area contributed by atoms with Crippen LogP contribution in [-0.4, -0.2) is 74.8 Å². The van der Waals surface area contributed by atoms with Gasteiger partial charge in [0.25, 0.3) is 5.91 Å². The molecule has 0 aliphatic carbocycles. The zero-order chi connectivity index (χ0) is 33.3. The Balaban J connectivity index is 1.29. The second-order valence-corrected chi connectivity index (χ2v) is 18.2. The highest BCUT2D eigenvalue weighted by molar-refractivity contribution is 6.71. The molecule has 4 heterocycles. The van der Waals surface area contributed by atoms with Gasteiger partial charge in [0.2, 0.25) is 11.8 Å². The van der Waals surface area contributed by atoms with Crippen molar-refractivity contribution < 1.29 is 29.0 Å². The van der Waals surface area contributed by atoms with Crippen LogP contribution >= 0.6 is 0 Å². The number of nitrogens with one attached hydrogen (secondary N) is 4. The van der Waals surface area contributed by atoms with Gasteiger partial charge >= 0.3 is 0 Å². The molecule has 2 aromatic rings. The van der Waals surface area contributed by atoms with Crippen LogP contribution in [0.1, 0.15) is 50.2 Å². The molecule has 0 saturated carbocycles. The molecule has 3 fully saturated rings. The minimum atomic E-state index is -2.85. The van der Waals surface area contributed by atoms with Gasteiger partial charge in [-0.3, -0.25) is 14.4 Å². The Hall–Kier alpha value is -3.13. The van der Waals surface area contributed by atoms with Crippen molar-refractivity contribution in [3.63, 3.8) is 0 Å². The van der Waals surface area contributed by atoms with Crippen molar-refractivity contribution in [2.24, 2.45) is 17.8 Å². The molecule has 11 nitrogen and oxygen atoms in total. The Bertz CT molecular complexity index is 1470. The maximum absolute atomic E-state index is 14.7. The maximum atomic E-state index is 14.7. The number of piperidine rings is 2. The van der Waals surface area contributed by atoms with E-state index in [4.69, 9.17) is 4.74 Å². The lowest BCUT2D eigenvalue weighted by Crippen LogP contribution is -2.46. The fraction of sp³-hybridized carbons (Fsp3) is 0.571. The number of carbonyl (C=O) groups is 3. The van der Waals surface area contributed by atoms with Gasteiger partial charge in [-0.2, -0.15) is 0 Å². The second kappa shape index (κ2) is 13.8. The van der Waals surface area contributed by atoms with Crippen LogP contribution in [0.15, 0.2) is 42.5 Å². The second-order valence-electron chi connectivity index (χ2n) is 14.3. The number of anilines is 3. The molecule has 4 aliphatic heterocycles. The number of benzene rings is 2. The van der Waals surface area contributed by atoms with E-state index in [9.17, 15) is 24.3 Å². The molecule has 0 radical (unpaired) electrons. The number of hydrogen-bond donors (Lipinski definition) is 6. The van der Waals surface area contributed by atoms with Gasteiger partial charge in [-0.05, 0) is 94.2 Å². The third kappa shape index (κ3) is 6.64. The van der Waals surface area contributed by atoms with Gasteiger partial charge in [-0.25, -0.2) is 0 Å². The van der Waals surface area contributed by atoms with Crippen LogP contribution in [0.4, 0.5) is 17.1 Å². The number of amides is 3. The predicted octanol–water partition coefficient (Wildman–Crippen LogP) is 3.29. The summed E-state index contributed by atoms with van der Waals surface area (Å²) < 4.78 is 6.75. The van der Waals surface area contributed by atoms with Crippen molar-refractivity contribution >= 4 is 43.1 Å². The van der Waals surface area contributed by atoms with Crippen LogP contribution in [-0.2, 0) is 31.3 Å². The summed E-state index contributed by atoms with van der Waals surface area (Å²) in [5.74, 6) is -0.816. The van der Waals surface area contributed by atoms with E-state index in [-0.39, 0.29) is 54.2 Å². The fourth-order valence-corrected chi connectivity index (χ4v) is 10.8. The van der Waals surface area contributed by atoms with Gasteiger partial charge in [-0.15, -0.1) is 0 Å². The largest absolute Gasteiger partial charge is 0.432 e. The van der Waals surface area contributed by atoms with E-state index < -0.39 is 20.0 Å². The molecule has 0 bridgehead atoms. The number of carbonyl (C=O) groups excluding carboxylic acids is 3. The molecule has 3 amide bonds. The van der Waals surface area contributed by atoms with Gasteiger partial charge in [0.05, 0.1) is 30.2 Å². The lowest BCUT2D eigenvalue weighted by molar-refractivity contribution is -0.146. The Morgan fingerprint density at radius 1 is 0.979 bits per heavy atom. The Labute approximate surface area is 278 Å². The van der Waals surface area contributed by atoms with Crippen LogP contribution in [0.5, 0.6) is 0 Å². The summed E-state index contributed by atoms with van der Waals surface area (Å²) in [6.07, 6.45) is 3.44. The average Bonchev–Trinajstić information content (AvgIpc) is 3.49. The lowest BCUT2D eigenvalue weighted by Gasteiger charge is -2.32. The average molecular weight is 664 g/mol. The molecule has 3 saturated heterocycles. The number of hydrogen-bond acceptors (Lipinski definition) is 8. The number of aliphatic hydroxyl groups is 1. The molecule has 254 valence electrons. The van der Waals surface area contributed by atoms with Crippen LogP contribution in [0.25, 0.3) is 0 Å². The number of fused-ring (bicyclic) bond motifs is 2. The van der Waals surface area contributed by atoms with Crippen molar-refractivity contribution in [2.75, 3.05) is 48.3 Å². The fourth-order valence-electron chi connectivity index (χ4n) is 8.23. The quantitative estimate of drug-likeness (QED) is 0.224. The molecule has 47 heavy (non-hydrogen) atoms. The van der Waals surface area contributed by atoms with E-state index in [2.05, 4.69) is 21.3 Å². The van der Waals surface area contributed by atoms with Crippen molar-refractivity contribution in [3.05, 3.63) is 53.6 Å². The van der Waals surface area contributed by atoms with E-state index in [0.29, 0.717) is 42.1 Å². The summed E-state index contributed by atoms with van der Waals surface area (Å²) in [7, 11) is -2.85. The highest BCUT2D eigenvalue weighted by Gasteiger charge is 2.66. The van der Waals surface area contributed by atoms with Crippen LogP contribution in [0, 0.1) is 17.8 Å². The van der Waals surface area contributed by atoms with E-state index in [1.54, 1.807) is 4.90 Å². The number of nitrogens with zero attached hydrogens (tertiary/aromatic N) is 1. The molecule has 6 atom stereocenters. The zero-order valence-electron chi connectivity index (χ0n) is 27.7. The summed E-state index contributed by atoms with van der Waals surface area (Å²) in [6, 6.07) is 13.1.